The second kappa shape index (κ2) is 6.39. The van der Waals surface area contributed by atoms with Crippen LogP contribution in [-0.2, 0) is 25.8 Å². The molecule has 2 aromatic heterocycles. The van der Waals surface area contributed by atoms with Crippen molar-refractivity contribution in [3.63, 3.8) is 0 Å². The number of hydrogen-bond donors (Lipinski definition) is 2. The fraction of sp³-hybridized carbons (Fsp3) is 0.533. The highest BCUT2D eigenvalue weighted by Crippen LogP contribution is 2.26. The molecule has 3 rings (SSSR count). The molecular formula is C15H20N4OS. The van der Waals surface area contributed by atoms with E-state index in [1.807, 2.05) is 6.07 Å². The smallest absolute Gasteiger partial charge is 0.272 e. The Balaban J connectivity index is 1.58. The maximum Gasteiger partial charge on any atom is 0.272 e. The summed E-state index contributed by atoms with van der Waals surface area (Å²) in [6, 6.07) is 1.83. The van der Waals surface area contributed by atoms with Crippen LogP contribution in [0.1, 0.15) is 57.9 Å². The molecule has 0 fully saturated rings. The van der Waals surface area contributed by atoms with E-state index in [9.17, 15) is 4.79 Å². The summed E-state index contributed by atoms with van der Waals surface area (Å²) in [4.78, 5) is 18.1. The minimum absolute atomic E-state index is 0.137. The van der Waals surface area contributed by atoms with Gasteiger partial charge in [-0.1, -0.05) is 13.3 Å². The summed E-state index contributed by atoms with van der Waals surface area (Å²) in [6.07, 6.45) is 6.66. The van der Waals surface area contributed by atoms with E-state index in [1.54, 1.807) is 11.3 Å². The molecule has 2 N–H and O–H groups in total. The lowest BCUT2D eigenvalue weighted by Gasteiger charge is -2.06. The van der Waals surface area contributed by atoms with Crippen LogP contribution < -0.4 is 5.32 Å². The van der Waals surface area contributed by atoms with Crippen molar-refractivity contribution in [2.24, 2.45) is 0 Å². The van der Waals surface area contributed by atoms with E-state index in [0.29, 0.717) is 12.2 Å². The first-order valence-electron chi connectivity index (χ1n) is 7.56. The second-order valence-electron chi connectivity index (χ2n) is 5.40. The first kappa shape index (κ1) is 14.3. The average Bonchev–Trinajstić information content (AvgIpc) is 3.11. The molecule has 6 heteroatoms. The van der Waals surface area contributed by atoms with Crippen LogP contribution in [-0.4, -0.2) is 21.1 Å². The summed E-state index contributed by atoms with van der Waals surface area (Å²) in [5, 5.41) is 10.9. The van der Waals surface area contributed by atoms with Crippen LogP contribution in [0.4, 0.5) is 0 Å². The third-order valence-electron chi connectivity index (χ3n) is 3.67. The van der Waals surface area contributed by atoms with Crippen LogP contribution in [0.15, 0.2) is 6.07 Å². The zero-order chi connectivity index (χ0) is 14.7. The largest absolute Gasteiger partial charge is 0.344 e. The minimum atomic E-state index is -0.137. The quantitative estimate of drug-likeness (QED) is 0.892. The van der Waals surface area contributed by atoms with Crippen molar-refractivity contribution in [3.8, 4) is 0 Å². The highest BCUT2D eigenvalue weighted by molar-refractivity contribution is 7.11. The number of aromatic amines is 1. The fourth-order valence-electron chi connectivity index (χ4n) is 2.60. The highest BCUT2D eigenvalue weighted by atomic mass is 32.1. The molecule has 1 aliphatic rings. The summed E-state index contributed by atoms with van der Waals surface area (Å²) in [5.41, 5.74) is 2.70. The fourth-order valence-corrected chi connectivity index (χ4v) is 3.70. The van der Waals surface area contributed by atoms with Crippen molar-refractivity contribution in [3.05, 3.63) is 33.0 Å². The number of carbonyl (C=O) groups excluding carboxylic acids is 1. The molecule has 0 bridgehead atoms. The Labute approximate surface area is 128 Å². The molecular weight excluding hydrogens is 284 g/mol. The number of rotatable bonds is 5. The number of H-pyrrole nitrogens is 1. The number of nitrogens with zero attached hydrogens (tertiary/aromatic N) is 2. The molecule has 112 valence electrons. The summed E-state index contributed by atoms with van der Waals surface area (Å²) in [5.74, 6) is -0.137. The average molecular weight is 304 g/mol. The van der Waals surface area contributed by atoms with Gasteiger partial charge in [-0.05, 0) is 38.2 Å². The number of carbonyl (C=O) groups is 1. The lowest BCUT2D eigenvalue weighted by atomic mass is 10.0. The first-order valence-corrected chi connectivity index (χ1v) is 8.38. The van der Waals surface area contributed by atoms with Gasteiger partial charge in [-0.15, -0.1) is 11.3 Å². The Kier molecular flexibility index (Phi) is 4.34. The van der Waals surface area contributed by atoms with Gasteiger partial charge in [0.25, 0.3) is 5.91 Å². The molecule has 1 amide bonds. The van der Waals surface area contributed by atoms with E-state index in [2.05, 4.69) is 27.4 Å². The number of fused-ring (bicyclic) bond motifs is 1. The molecule has 0 saturated heterocycles. The van der Waals surface area contributed by atoms with Crippen LogP contribution in [0.3, 0.4) is 0 Å². The molecule has 2 heterocycles. The van der Waals surface area contributed by atoms with Gasteiger partial charge in [-0.2, -0.15) is 5.10 Å². The van der Waals surface area contributed by atoms with Crippen LogP contribution in [0.25, 0.3) is 0 Å². The molecule has 0 aromatic carbocycles. The van der Waals surface area contributed by atoms with Crippen molar-refractivity contribution < 1.29 is 4.79 Å². The third-order valence-corrected chi connectivity index (χ3v) is 4.83. The number of hydrogen-bond acceptors (Lipinski definition) is 4. The molecule has 0 atom stereocenters. The van der Waals surface area contributed by atoms with Crippen molar-refractivity contribution in [2.75, 3.05) is 0 Å². The van der Waals surface area contributed by atoms with Crippen LogP contribution in [0.5, 0.6) is 0 Å². The van der Waals surface area contributed by atoms with Gasteiger partial charge >= 0.3 is 0 Å². The van der Waals surface area contributed by atoms with Gasteiger partial charge in [0.2, 0.25) is 0 Å². The predicted octanol–water partition coefficient (Wildman–Crippen LogP) is 2.63. The molecule has 0 aliphatic heterocycles. The molecule has 21 heavy (non-hydrogen) atoms. The molecule has 0 radical (unpaired) electrons. The zero-order valence-electron chi connectivity index (χ0n) is 12.2. The second-order valence-corrected chi connectivity index (χ2v) is 6.56. The summed E-state index contributed by atoms with van der Waals surface area (Å²) in [6.45, 7) is 2.59. The Morgan fingerprint density at radius 2 is 2.29 bits per heavy atom. The van der Waals surface area contributed by atoms with E-state index in [4.69, 9.17) is 0 Å². The van der Waals surface area contributed by atoms with E-state index in [1.165, 1.54) is 23.4 Å². The summed E-state index contributed by atoms with van der Waals surface area (Å²) < 4.78 is 0. The topological polar surface area (TPSA) is 70.7 Å². The van der Waals surface area contributed by atoms with E-state index >= 15 is 0 Å². The summed E-state index contributed by atoms with van der Waals surface area (Å²) in [7, 11) is 0. The van der Waals surface area contributed by atoms with Crippen LogP contribution in [0, 0.1) is 0 Å². The zero-order valence-corrected chi connectivity index (χ0v) is 13.1. The Morgan fingerprint density at radius 1 is 1.43 bits per heavy atom. The van der Waals surface area contributed by atoms with E-state index in [-0.39, 0.29) is 5.91 Å². The molecule has 5 nitrogen and oxygen atoms in total. The van der Waals surface area contributed by atoms with E-state index < -0.39 is 0 Å². The highest BCUT2D eigenvalue weighted by Gasteiger charge is 2.16. The van der Waals surface area contributed by atoms with Gasteiger partial charge in [-0.25, -0.2) is 4.98 Å². The van der Waals surface area contributed by atoms with Crippen LogP contribution in [0.2, 0.25) is 0 Å². The lowest BCUT2D eigenvalue weighted by molar-refractivity contribution is 0.0946. The number of amides is 1. The van der Waals surface area contributed by atoms with Gasteiger partial charge in [0, 0.05) is 10.6 Å². The molecule has 0 saturated carbocycles. The van der Waals surface area contributed by atoms with Gasteiger partial charge in [-0.3, -0.25) is 9.89 Å². The van der Waals surface area contributed by atoms with E-state index in [0.717, 1.165) is 36.4 Å². The van der Waals surface area contributed by atoms with Crippen molar-refractivity contribution >= 4 is 17.2 Å². The number of aryl methyl sites for hydroxylation is 3. The third kappa shape index (κ3) is 3.32. The van der Waals surface area contributed by atoms with Crippen molar-refractivity contribution in [2.45, 2.75) is 52.0 Å². The number of nitrogens with one attached hydrogen (secondary N) is 2. The van der Waals surface area contributed by atoms with Crippen molar-refractivity contribution in [1.82, 2.24) is 20.5 Å². The first-order chi connectivity index (χ1) is 10.3. The Hall–Kier alpha value is -1.69. The van der Waals surface area contributed by atoms with Gasteiger partial charge in [0.15, 0.2) is 0 Å². The number of thiazole rings is 1. The monoisotopic (exact) mass is 304 g/mol. The standard InChI is InChI=1S/C15H20N4OS/c1-2-5-10-8-12(19-18-10)15(20)16-9-14-17-11-6-3-4-7-13(11)21-14/h8H,2-7,9H2,1H3,(H,16,20)(H,18,19). The minimum Gasteiger partial charge on any atom is -0.344 e. The van der Waals surface area contributed by atoms with Gasteiger partial charge < -0.3 is 5.32 Å². The maximum atomic E-state index is 12.1. The normalized spacial score (nSPS) is 14.0. The SMILES string of the molecule is CCCc1cc(C(=O)NCc2nc3c(s2)CCCC3)n[nH]1. The van der Waals surface area contributed by atoms with Crippen molar-refractivity contribution in [1.29, 1.82) is 0 Å². The summed E-state index contributed by atoms with van der Waals surface area (Å²) >= 11 is 1.73. The molecule has 2 aromatic rings. The lowest BCUT2D eigenvalue weighted by Crippen LogP contribution is -2.23. The Bertz CT molecular complexity index is 608. The van der Waals surface area contributed by atoms with Gasteiger partial charge in [0.05, 0.1) is 12.2 Å². The number of aromatic nitrogens is 3. The molecule has 0 unspecified atom stereocenters. The predicted molar refractivity (Wildman–Crippen MR) is 82.5 cm³/mol. The Morgan fingerprint density at radius 3 is 3.10 bits per heavy atom. The molecule has 0 spiro atoms. The maximum absolute atomic E-state index is 12.1. The van der Waals surface area contributed by atoms with Gasteiger partial charge in [0.1, 0.15) is 10.7 Å². The molecule has 1 aliphatic carbocycles. The van der Waals surface area contributed by atoms with Crippen LogP contribution >= 0.6 is 11.3 Å².